The number of carbonyl (C=O) groups excluding carboxylic acids is 2. The second-order valence-electron chi connectivity index (χ2n) is 12.4. The van der Waals surface area contributed by atoms with E-state index in [-0.39, 0.29) is 24.3 Å². The summed E-state index contributed by atoms with van der Waals surface area (Å²) >= 11 is 0. The van der Waals surface area contributed by atoms with E-state index in [2.05, 4.69) is 78.3 Å². The standard InChI is InChI=1S/C38H40N6O4/c45-37(47-33-25-31(29-14-3-1-4-15-29)43-22-20-39-35(33)43)41-18-8-12-27-10-7-11-28(24-27)13-9-19-42-38(46)48-34-26-32(30-16-5-2-6-17-30)44-23-21-40-36(34)44/h1-7,10-11,14-17,20-24,31-34H,8-9,12-13,18-19,25-26H2,(H,41,45)(H,42,46)/t31-,32-,33+,34+/m0/s1. The minimum absolute atomic E-state index is 0.106. The molecular formula is C38H40N6O4. The minimum atomic E-state index is -0.419. The largest absolute Gasteiger partial charge is 0.438 e. The summed E-state index contributed by atoms with van der Waals surface area (Å²) in [6.45, 7) is 1.04. The van der Waals surface area contributed by atoms with Crippen LogP contribution in [0.2, 0.25) is 0 Å². The Morgan fingerprint density at radius 3 is 1.56 bits per heavy atom. The van der Waals surface area contributed by atoms with Gasteiger partial charge in [0, 0.05) is 50.7 Å². The highest BCUT2D eigenvalue weighted by atomic mass is 16.6. The van der Waals surface area contributed by atoms with Gasteiger partial charge in [0.2, 0.25) is 0 Å². The average Bonchev–Trinajstić information content (AvgIpc) is 3.91. The van der Waals surface area contributed by atoms with Gasteiger partial charge in [0.15, 0.2) is 23.9 Å². The Kier molecular flexibility index (Phi) is 9.49. The van der Waals surface area contributed by atoms with Crippen molar-refractivity contribution in [1.82, 2.24) is 29.7 Å². The molecule has 10 heteroatoms. The van der Waals surface area contributed by atoms with Crippen LogP contribution in [0.4, 0.5) is 9.59 Å². The number of hydrogen-bond acceptors (Lipinski definition) is 6. The Hall–Kier alpha value is -5.38. The summed E-state index contributed by atoms with van der Waals surface area (Å²) in [5, 5.41) is 5.82. The maximum atomic E-state index is 12.6. The number of benzene rings is 3. The second-order valence-corrected chi connectivity index (χ2v) is 12.4. The normalized spacial score (nSPS) is 19.3. The van der Waals surface area contributed by atoms with Crippen LogP contribution in [0, 0.1) is 0 Å². The van der Waals surface area contributed by atoms with Crippen molar-refractivity contribution in [1.29, 1.82) is 0 Å². The van der Waals surface area contributed by atoms with Gasteiger partial charge in [-0.2, -0.15) is 0 Å². The Bertz CT molecular complexity index is 1690. The number of nitrogens with one attached hydrogen (secondary N) is 2. The highest BCUT2D eigenvalue weighted by Gasteiger charge is 2.36. The lowest BCUT2D eigenvalue weighted by Crippen LogP contribution is -2.27. The van der Waals surface area contributed by atoms with E-state index in [1.807, 2.05) is 48.8 Å². The van der Waals surface area contributed by atoms with E-state index >= 15 is 0 Å². The molecule has 3 aromatic carbocycles. The highest BCUT2D eigenvalue weighted by molar-refractivity contribution is 5.68. The van der Waals surface area contributed by atoms with Crippen molar-refractivity contribution in [2.24, 2.45) is 0 Å². The van der Waals surface area contributed by atoms with Gasteiger partial charge >= 0.3 is 12.2 Å². The molecular weight excluding hydrogens is 604 g/mol. The van der Waals surface area contributed by atoms with Crippen molar-refractivity contribution in [2.45, 2.75) is 62.8 Å². The first kappa shape index (κ1) is 31.2. The van der Waals surface area contributed by atoms with Crippen LogP contribution in [0.15, 0.2) is 110 Å². The van der Waals surface area contributed by atoms with Crippen LogP contribution in [0.5, 0.6) is 0 Å². The predicted octanol–water partition coefficient (Wildman–Crippen LogP) is 6.87. The number of alkyl carbamates (subject to hydrolysis) is 2. The van der Waals surface area contributed by atoms with Gasteiger partial charge in [-0.3, -0.25) is 0 Å². The van der Waals surface area contributed by atoms with Gasteiger partial charge in [-0.25, -0.2) is 19.6 Å². The highest BCUT2D eigenvalue weighted by Crippen LogP contribution is 2.40. The molecule has 2 N–H and O–H groups in total. The molecule has 10 nitrogen and oxygen atoms in total. The number of fused-ring (bicyclic) bond motifs is 2. The third-order valence-electron chi connectivity index (χ3n) is 9.20. The molecule has 0 aliphatic carbocycles. The Labute approximate surface area is 280 Å². The zero-order valence-electron chi connectivity index (χ0n) is 26.8. The van der Waals surface area contributed by atoms with E-state index in [9.17, 15) is 9.59 Å². The molecule has 7 rings (SSSR count). The Morgan fingerprint density at radius 2 is 1.10 bits per heavy atom. The van der Waals surface area contributed by atoms with Gasteiger partial charge < -0.3 is 29.2 Å². The van der Waals surface area contributed by atoms with E-state index in [4.69, 9.17) is 9.47 Å². The van der Waals surface area contributed by atoms with E-state index in [1.165, 1.54) is 22.3 Å². The van der Waals surface area contributed by atoms with Crippen LogP contribution in [0.25, 0.3) is 0 Å². The van der Waals surface area contributed by atoms with Gasteiger partial charge in [-0.1, -0.05) is 84.9 Å². The zero-order chi connectivity index (χ0) is 32.7. The summed E-state index contributed by atoms with van der Waals surface area (Å²) < 4.78 is 15.8. The monoisotopic (exact) mass is 644 g/mol. The average molecular weight is 645 g/mol. The number of hydrogen-bond donors (Lipinski definition) is 2. The number of rotatable bonds is 12. The SMILES string of the molecule is O=C(NCCCc1cccc(CCCNC(=O)O[C@@H]2C[C@@H](c3ccccc3)n3ccnc32)c1)O[C@@H]1C[C@@H](c2ccccc2)n2ccnc21. The quantitative estimate of drug-likeness (QED) is 0.144. The molecule has 2 aromatic heterocycles. The number of aromatic nitrogens is 4. The first-order valence-electron chi connectivity index (χ1n) is 16.7. The lowest BCUT2D eigenvalue weighted by molar-refractivity contribution is 0.0940. The third-order valence-corrected chi connectivity index (χ3v) is 9.20. The fourth-order valence-electron chi connectivity index (χ4n) is 6.91. The van der Waals surface area contributed by atoms with Gasteiger partial charge in [-0.15, -0.1) is 0 Å². The Morgan fingerprint density at radius 1 is 0.646 bits per heavy atom. The van der Waals surface area contributed by atoms with Crippen LogP contribution in [-0.2, 0) is 22.3 Å². The molecule has 2 aliphatic rings. The van der Waals surface area contributed by atoms with Crippen LogP contribution >= 0.6 is 0 Å². The molecule has 2 amide bonds. The molecule has 0 bridgehead atoms. The lowest BCUT2D eigenvalue weighted by atomic mass is 10.0. The van der Waals surface area contributed by atoms with E-state index in [0.29, 0.717) is 25.9 Å². The maximum Gasteiger partial charge on any atom is 0.407 e. The summed E-state index contributed by atoms with van der Waals surface area (Å²) in [5.41, 5.74) is 4.77. The topological polar surface area (TPSA) is 112 Å². The molecule has 0 saturated heterocycles. The van der Waals surface area contributed by atoms with Gasteiger partial charge in [-0.05, 0) is 47.9 Å². The number of nitrogens with zero attached hydrogens (tertiary/aromatic N) is 4. The molecule has 48 heavy (non-hydrogen) atoms. The third kappa shape index (κ3) is 7.12. The predicted molar refractivity (Wildman–Crippen MR) is 180 cm³/mol. The lowest BCUT2D eigenvalue weighted by Gasteiger charge is -2.14. The molecule has 4 heterocycles. The van der Waals surface area contributed by atoms with Crippen LogP contribution in [-0.4, -0.2) is 44.4 Å². The summed E-state index contributed by atoms with van der Waals surface area (Å²) in [6.07, 6.45) is 10.4. The summed E-state index contributed by atoms with van der Waals surface area (Å²) in [5.74, 6) is 1.56. The smallest absolute Gasteiger partial charge is 0.407 e. The van der Waals surface area contributed by atoms with Crippen molar-refractivity contribution in [3.63, 3.8) is 0 Å². The number of aryl methyl sites for hydroxylation is 2. The molecule has 0 radical (unpaired) electrons. The summed E-state index contributed by atoms with van der Waals surface area (Å²) in [7, 11) is 0. The first-order valence-corrected chi connectivity index (χ1v) is 16.7. The van der Waals surface area contributed by atoms with Gasteiger partial charge in [0.25, 0.3) is 0 Å². The molecule has 0 fully saturated rings. The van der Waals surface area contributed by atoms with Gasteiger partial charge in [0.1, 0.15) is 0 Å². The van der Waals surface area contributed by atoms with Crippen molar-refractivity contribution >= 4 is 12.2 Å². The first-order chi connectivity index (χ1) is 23.6. The minimum Gasteiger partial charge on any atom is -0.438 e. The fourth-order valence-corrected chi connectivity index (χ4v) is 6.91. The molecule has 0 spiro atoms. The Balaban J connectivity index is 0.802. The van der Waals surface area contributed by atoms with Crippen LogP contribution < -0.4 is 10.6 Å². The van der Waals surface area contributed by atoms with Crippen LogP contribution in [0.3, 0.4) is 0 Å². The van der Waals surface area contributed by atoms with Crippen LogP contribution in [0.1, 0.15) is 83.9 Å². The molecule has 2 aliphatic heterocycles. The van der Waals surface area contributed by atoms with E-state index < -0.39 is 12.2 Å². The summed E-state index contributed by atoms with van der Waals surface area (Å²) in [4.78, 5) is 34.2. The number of imidazole rings is 2. The van der Waals surface area contributed by atoms with E-state index in [0.717, 1.165) is 37.3 Å². The second kappa shape index (κ2) is 14.6. The van der Waals surface area contributed by atoms with Crippen molar-refractivity contribution in [3.8, 4) is 0 Å². The maximum absolute atomic E-state index is 12.6. The molecule has 5 aromatic rings. The van der Waals surface area contributed by atoms with Crippen molar-refractivity contribution in [3.05, 3.63) is 144 Å². The van der Waals surface area contributed by atoms with Crippen molar-refractivity contribution < 1.29 is 19.1 Å². The zero-order valence-corrected chi connectivity index (χ0v) is 26.8. The summed E-state index contributed by atoms with van der Waals surface area (Å²) in [6, 6.07) is 29.1. The van der Waals surface area contributed by atoms with Gasteiger partial charge in [0.05, 0.1) is 12.1 Å². The molecule has 0 unspecified atom stereocenters. The molecule has 4 atom stereocenters. The molecule has 246 valence electrons. The van der Waals surface area contributed by atoms with Crippen molar-refractivity contribution in [2.75, 3.05) is 13.1 Å². The number of carbonyl (C=O) groups is 2. The number of ether oxygens (including phenoxy) is 2. The number of amides is 2. The van der Waals surface area contributed by atoms with E-state index in [1.54, 1.807) is 12.4 Å². The molecule has 0 saturated carbocycles. The fraction of sp³-hybridized carbons (Fsp3) is 0.316.